The van der Waals surface area contributed by atoms with E-state index in [-0.39, 0.29) is 12.4 Å². The molecular weight excluding hydrogens is 405 g/mol. The van der Waals surface area contributed by atoms with E-state index in [4.69, 9.17) is 15.2 Å². The molecule has 2 aromatic carbocycles. The molecule has 6 heteroatoms. The van der Waals surface area contributed by atoms with Crippen LogP contribution in [0.2, 0.25) is 0 Å². The van der Waals surface area contributed by atoms with Crippen molar-refractivity contribution in [2.24, 2.45) is 5.73 Å². The van der Waals surface area contributed by atoms with Crippen LogP contribution in [-0.2, 0) is 0 Å². The van der Waals surface area contributed by atoms with Crippen molar-refractivity contribution in [2.75, 3.05) is 13.7 Å². The van der Waals surface area contributed by atoms with Gasteiger partial charge in [0.1, 0.15) is 23.4 Å². The summed E-state index contributed by atoms with van der Waals surface area (Å²) in [6, 6.07) is 9.80. The summed E-state index contributed by atoms with van der Waals surface area (Å²) in [4.78, 5) is 0. The molecule has 0 amide bonds. The Bertz CT molecular complexity index is 637. The molecule has 1 atom stereocenters. The minimum absolute atomic E-state index is 0.236. The summed E-state index contributed by atoms with van der Waals surface area (Å²) < 4.78 is 25.9. The first-order chi connectivity index (χ1) is 10.0. The normalized spacial score (nSPS) is 12.0. The van der Waals surface area contributed by atoms with Crippen LogP contribution in [0.5, 0.6) is 11.5 Å². The van der Waals surface area contributed by atoms with Gasteiger partial charge in [-0.25, -0.2) is 4.39 Å². The van der Waals surface area contributed by atoms with Gasteiger partial charge in [-0.2, -0.15) is 0 Å². The van der Waals surface area contributed by atoms with Gasteiger partial charge in [0.05, 0.1) is 16.1 Å². The number of ether oxygens (including phenoxy) is 2. The molecule has 0 saturated heterocycles. The first-order valence-electron chi connectivity index (χ1n) is 6.20. The maximum Gasteiger partial charge on any atom is 0.136 e. The van der Waals surface area contributed by atoms with Crippen LogP contribution in [0.3, 0.4) is 0 Å². The fraction of sp³-hybridized carbons (Fsp3) is 0.200. The molecule has 0 fully saturated rings. The Kier molecular flexibility index (Phi) is 5.61. The Morgan fingerprint density at radius 3 is 2.43 bits per heavy atom. The minimum Gasteiger partial charge on any atom is -0.496 e. The van der Waals surface area contributed by atoms with E-state index in [2.05, 4.69) is 31.9 Å². The average molecular weight is 419 g/mol. The molecule has 0 aromatic heterocycles. The van der Waals surface area contributed by atoms with Crippen LogP contribution >= 0.6 is 31.9 Å². The monoisotopic (exact) mass is 417 g/mol. The average Bonchev–Trinajstić information content (AvgIpc) is 2.47. The number of rotatable bonds is 5. The molecule has 0 heterocycles. The highest BCUT2D eigenvalue weighted by Crippen LogP contribution is 2.37. The third kappa shape index (κ3) is 3.96. The highest BCUT2D eigenvalue weighted by atomic mass is 79.9. The van der Waals surface area contributed by atoms with Gasteiger partial charge in [0.25, 0.3) is 0 Å². The summed E-state index contributed by atoms with van der Waals surface area (Å²) in [5.74, 6) is 0.969. The van der Waals surface area contributed by atoms with Crippen LogP contribution in [0, 0.1) is 5.82 Å². The molecule has 112 valence electrons. The fourth-order valence-electron chi connectivity index (χ4n) is 1.87. The topological polar surface area (TPSA) is 44.5 Å². The van der Waals surface area contributed by atoms with Crippen molar-refractivity contribution in [3.63, 3.8) is 0 Å². The second-order valence-electron chi connectivity index (χ2n) is 4.31. The zero-order valence-electron chi connectivity index (χ0n) is 11.3. The molecule has 0 spiro atoms. The zero-order chi connectivity index (χ0) is 15.4. The van der Waals surface area contributed by atoms with E-state index in [1.54, 1.807) is 31.4 Å². The number of hydrogen-bond acceptors (Lipinski definition) is 3. The van der Waals surface area contributed by atoms with Crippen molar-refractivity contribution in [3.8, 4) is 11.5 Å². The van der Waals surface area contributed by atoms with Gasteiger partial charge in [-0.1, -0.05) is 12.1 Å². The van der Waals surface area contributed by atoms with E-state index in [0.717, 1.165) is 8.95 Å². The molecule has 2 aromatic rings. The Labute approximate surface area is 139 Å². The summed E-state index contributed by atoms with van der Waals surface area (Å²) >= 11 is 6.83. The molecule has 0 bridgehead atoms. The molecule has 2 rings (SSSR count). The molecule has 0 aliphatic heterocycles. The van der Waals surface area contributed by atoms with E-state index < -0.39 is 6.10 Å². The van der Waals surface area contributed by atoms with Crippen molar-refractivity contribution in [2.45, 2.75) is 6.10 Å². The maximum atomic E-state index is 13.3. The van der Waals surface area contributed by atoms with Crippen molar-refractivity contribution < 1.29 is 13.9 Å². The van der Waals surface area contributed by atoms with Crippen molar-refractivity contribution >= 4 is 31.9 Å². The SMILES string of the molecule is COc1cc(Br)c(OC(CN)c2cccc(F)c2)cc1Br. The van der Waals surface area contributed by atoms with Gasteiger partial charge in [-0.15, -0.1) is 0 Å². The number of benzene rings is 2. The molecule has 3 nitrogen and oxygen atoms in total. The van der Waals surface area contributed by atoms with E-state index in [1.165, 1.54) is 12.1 Å². The number of nitrogens with two attached hydrogens (primary N) is 1. The van der Waals surface area contributed by atoms with Gasteiger partial charge >= 0.3 is 0 Å². The van der Waals surface area contributed by atoms with Gasteiger partial charge in [-0.05, 0) is 61.7 Å². The summed E-state index contributed by atoms with van der Waals surface area (Å²) in [6.07, 6.45) is -0.433. The molecule has 21 heavy (non-hydrogen) atoms. The quantitative estimate of drug-likeness (QED) is 0.780. The molecule has 0 saturated carbocycles. The minimum atomic E-state index is -0.433. The lowest BCUT2D eigenvalue weighted by Gasteiger charge is -2.19. The smallest absolute Gasteiger partial charge is 0.136 e. The number of hydrogen-bond donors (Lipinski definition) is 1. The van der Waals surface area contributed by atoms with E-state index in [0.29, 0.717) is 17.1 Å². The van der Waals surface area contributed by atoms with Gasteiger partial charge in [-0.3, -0.25) is 0 Å². The standard InChI is InChI=1S/C15H14Br2FNO2/c1-20-13-6-12(17)14(7-11(13)16)21-15(8-19)9-3-2-4-10(18)5-9/h2-7,15H,8,19H2,1H3. The third-order valence-corrected chi connectivity index (χ3v) is 4.15. The predicted molar refractivity (Wildman–Crippen MR) is 87.2 cm³/mol. The molecule has 1 unspecified atom stereocenters. The molecule has 2 N–H and O–H groups in total. The number of methoxy groups -OCH3 is 1. The van der Waals surface area contributed by atoms with Gasteiger partial charge in [0, 0.05) is 6.54 Å². The lowest BCUT2D eigenvalue weighted by molar-refractivity contribution is 0.212. The Hall–Kier alpha value is -1.11. The van der Waals surface area contributed by atoms with Gasteiger partial charge in [0.2, 0.25) is 0 Å². The molecule has 0 aliphatic carbocycles. The Morgan fingerprint density at radius 1 is 1.14 bits per heavy atom. The fourth-order valence-corrected chi connectivity index (χ4v) is 2.77. The lowest BCUT2D eigenvalue weighted by Crippen LogP contribution is -2.18. The van der Waals surface area contributed by atoms with Crippen LogP contribution in [0.15, 0.2) is 45.3 Å². The molecular formula is C15H14Br2FNO2. The third-order valence-electron chi connectivity index (χ3n) is 2.91. The highest BCUT2D eigenvalue weighted by molar-refractivity contribution is 9.11. The van der Waals surface area contributed by atoms with Gasteiger partial charge in [0.15, 0.2) is 0 Å². The van der Waals surface area contributed by atoms with E-state index >= 15 is 0 Å². The first kappa shape index (κ1) is 16.3. The first-order valence-corrected chi connectivity index (χ1v) is 7.79. The maximum absolute atomic E-state index is 13.3. The second-order valence-corrected chi connectivity index (χ2v) is 6.02. The van der Waals surface area contributed by atoms with Crippen LogP contribution in [0.1, 0.15) is 11.7 Å². The summed E-state index contributed by atoms with van der Waals surface area (Å²) in [5.41, 5.74) is 6.44. The van der Waals surface area contributed by atoms with Crippen LogP contribution < -0.4 is 15.2 Å². The Balaban J connectivity index is 2.29. The van der Waals surface area contributed by atoms with Crippen molar-refractivity contribution in [1.82, 2.24) is 0 Å². The molecule has 0 aliphatic rings. The lowest BCUT2D eigenvalue weighted by atomic mass is 10.1. The summed E-state index contributed by atoms with van der Waals surface area (Å²) in [7, 11) is 1.59. The van der Waals surface area contributed by atoms with Gasteiger partial charge < -0.3 is 15.2 Å². The largest absolute Gasteiger partial charge is 0.496 e. The van der Waals surface area contributed by atoms with Crippen LogP contribution in [-0.4, -0.2) is 13.7 Å². The molecule has 0 radical (unpaired) electrons. The van der Waals surface area contributed by atoms with Crippen molar-refractivity contribution in [3.05, 3.63) is 56.7 Å². The zero-order valence-corrected chi connectivity index (χ0v) is 14.4. The highest BCUT2D eigenvalue weighted by Gasteiger charge is 2.16. The van der Waals surface area contributed by atoms with E-state index in [9.17, 15) is 4.39 Å². The van der Waals surface area contributed by atoms with Crippen LogP contribution in [0.4, 0.5) is 4.39 Å². The second kappa shape index (κ2) is 7.24. The van der Waals surface area contributed by atoms with Crippen molar-refractivity contribution in [1.29, 1.82) is 0 Å². The van der Waals surface area contributed by atoms with Crippen LogP contribution in [0.25, 0.3) is 0 Å². The van der Waals surface area contributed by atoms with E-state index in [1.807, 2.05) is 0 Å². The number of halogens is 3. The summed E-state index contributed by atoms with van der Waals surface area (Å²) in [5, 5.41) is 0. The summed E-state index contributed by atoms with van der Waals surface area (Å²) in [6.45, 7) is 0.236. The Morgan fingerprint density at radius 2 is 1.81 bits per heavy atom. The predicted octanol–water partition coefficient (Wildman–Crippen LogP) is 4.44.